The van der Waals surface area contributed by atoms with Gasteiger partial charge in [0.25, 0.3) is 11.8 Å². The van der Waals surface area contributed by atoms with E-state index in [0.717, 1.165) is 5.56 Å². The van der Waals surface area contributed by atoms with Gasteiger partial charge in [0.1, 0.15) is 18.2 Å². The number of hydrogen-bond acceptors (Lipinski definition) is 7. The summed E-state index contributed by atoms with van der Waals surface area (Å²) in [4.78, 5) is 29.0. The highest BCUT2D eigenvalue weighted by Crippen LogP contribution is 2.33. The van der Waals surface area contributed by atoms with Gasteiger partial charge in [-0.15, -0.1) is 11.3 Å². The number of hydrogen-bond donors (Lipinski definition) is 4. The number of nitrogens with zero attached hydrogens (tertiary/aromatic N) is 1. The second kappa shape index (κ2) is 10.5. The van der Waals surface area contributed by atoms with E-state index in [1.165, 1.54) is 17.5 Å². The molecule has 0 spiro atoms. The van der Waals surface area contributed by atoms with Crippen molar-refractivity contribution in [3.8, 4) is 5.75 Å². The van der Waals surface area contributed by atoms with Crippen molar-refractivity contribution in [2.24, 2.45) is 0 Å². The summed E-state index contributed by atoms with van der Waals surface area (Å²) in [5.74, 6) is 0.266. The number of thiophene rings is 1. The highest BCUT2D eigenvalue weighted by molar-refractivity contribution is 7.17. The van der Waals surface area contributed by atoms with Gasteiger partial charge in [0.2, 0.25) is 0 Å². The van der Waals surface area contributed by atoms with Crippen LogP contribution in [-0.2, 0) is 6.61 Å². The number of halogens is 1. The fourth-order valence-electron chi connectivity index (χ4n) is 3.29. The Balaban J connectivity index is 1.48. The third-order valence-electron chi connectivity index (χ3n) is 4.94. The summed E-state index contributed by atoms with van der Waals surface area (Å²) in [6.45, 7) is 0.194. The Kier molecular flexibility index (Phi) is 7.27. The number of nitrogens with two attached hydrogens (primary N) is 1. The molecule has 2 aromatic carbocycles. The average Bonchev–Trinajstić information content (AvgIpc) is 3.27. The Bertz CT molecular complexity index is 1340. The minimum atomic E-state index is -0.329. The first-order valence-corrected chi connectivity index (χ1v) is 11.6. The van der Waals surface area contributed by atoms with Crippen LogP contribution in [0.5, 0.6) is 5.75 Å². The molecule has 0 saturated heterocycles. The maximum absolute atomic E-state index is 12.5. The lowest BCUT2D eigenvalue weighted by molar-refractivity contribution is 0.0945. The van der Waals surface area contributed by atoms with Gasteiger partial charge < -0.3 is 26.2 Å². The van der Waals surface area contributed by atoms with Crippen molar-refractivity contribution < 1.29 is 19.4 Å². The molecular formula is C24H21ClN4O4S. The molecule has 0 radical (unpaired) electrons. The summed E-state index contributed by atoms with van der Waals surface area (Å²) < 4.78 is 6.64. The number of carbonyl (C=O) groups excluding carboxylic acids is 2. The molecule has 2 aromatic heterocycles. The van der Waals surface area contributed by atoms with E-state index in [2.05, 4.69) is 15.6 Å². The van der Waals surface area contributed by atoms with Crippen molar-refractivity contribution in [2.45, 2.75) is 6.61 Å². The lowest BCUT2D eigenvalue weighted by atomic mass is 10.1. The van der Waals surface area contributed by atoms with Crippen molar-refractivity contribution >= 4 is 56.3 Å². The lowest BCUT2D eigenvalue weighted by Crippen LogP contribution is -2.26. The van der Waals surface area contributed by atoms with Gasteiger partial charge in [0, 0.05) is 46.0 Å². The molecule has 10 heteroatoms. The molecule has 0 saturated carbocycles. The summed E-state index contributed by atoms with van der Waals surface area (Å²) >= 11 is 7.25. The van der Waals surface area contributed by atoms with Crippen LogP contribution in [0.3, 0.4) is 0 Å². The van der Waals surface area contributed by atoms with E-state index in [1.54, 1.807) is 48.5 Å². The Morgan fingerprint density at radius 1 is 1.15 bits per heavy atom. The predicted octanol–water partition coefficient (Wildman–Crippen LogP) is 4.09. The Labute approximate surface area is 204 Å². The van der Waals surface area contributed by atoms with Gasteiger partial charge in [-0.1, -0.05) is 17.7 Å². The van der Waals surface area contributed by atoms with Gasteiger partial charge in [-0.25, -0.2) is 4.98 Å². The molecule has 0 fully saturated rings. The Hall–Kier alpha value is -3.66. The van der Waals surface area contributed by atoms with Gasteiger partial charge in [-0.05, 0) is 41.8 Å². The van der Waals surface area contributed by atoms with Gasteiger partial charge in [0.15, 0.2) is 0 Å². The number of pyridine rings is 1. The second-order valence-electron chi connectivity index (χ2n) is 7.28. The molecule has 0 atom stereocenters. The van der Waals surface area contributed by atoms with E-state index < -0.39 is 0 Å². The van der Waals surface area contributed by atoms with E-state index in [4.69, 9.17) is 27.2 Å². The molecule has 8 nitrogen and oxygen atoms in total. The summed E-state index contributed by atoms with van der Waals surface area (Å²) in [6.07, 6.45) is 1.43. The number of fused-ring (bicyclic) bond motifs is 1. The third-order valence-corrected chi connectivity index (χ3v) is 6.25. The quantitative estimate of drug-likeness (QED) is 0.291. The van der Waals surface area contributed by atoms with E-state index >= 15 is 0 Å². The second-order valence-corrected chi connectivity index (χ2v) is 8.60. The molecule has 174 valence electrons. The normalized spacial score (nSPS) is 10.8. The van der Waals surface area contributed by atoms with Crippen LogP contribution in [0.25, 0.3) is 10.1 Å². The molecular weight excluding hydrogens is 476 g/mol. The van der Waals surface area contributed by atoms with Crippen LogP contribution in [0.15, 0.2) is 60.1 Å². The molecule has 0 aliphatic carbocycles. The number of benzene rings is 2. The molecule has 4 aromatic rings. The molecule has 5 N–H and O–H groups in total. The minimum absolute atomic E-state index is 0.150. The molecule has 4 rings (SSSR count). The SMILES string of the molecule is Nc1ncc(C(=O)NCCO)c2scc(COc3cccc(NC(=O)c4ccc(Cl)cc4)c3)c12. The third kappa shape index (κ3) is 5.28. The fraction of sp³-hybridized carbons (Fsp3) is 0.125. The van der Waals surface area contributed by atoms with Crippen LogP contribution in [0.1, 0.15) is 26.3 Å². The number of nitrogens with one attached hydrogen (secondary N) is 2. The smallest absolute Gasteiger partial charge is 0.255 e. The van der Waals surface area contributed by atoms with E-state index in [-0.39, 0.29) is 31.6 Å². The van der Waals surface area contributed by atoms with Crippen LogP contribution in [-0.4, -0.2) is 35.1 Å². The zero-order valence-electron chi connectivity index (χ0n) is 17.9. The molecule has 34 heavy (non-hydrogen) atoms. The topological polar surface area (TPSA) is 127 Å². The number of ether oxygens (including phenoxy) is 1. The molecule has 0 bridgehead atoms. The van der Waals surface area contributed by atoms with Crippen molar-refractivity contribution in [3.05, 3.63) is 81.8 Å². The molecule has 2 amide bonds. The number of anilines is 2. The average molecular weight is 497 g/mol. The molecule has 0 unspecified atom stereocenters. The number of rotatable bonds is 8. The summed E-state index contributed by atoms with van der Waals surface area (Å²) in [6, 6.07) is 13.7. The fourth-order valence-corrected chi connectivity index (χ4v) is 4.49. The highest BCUT2D eigenvalue weighted by atomic mass is 35.5. The van der Waals surface area contributed by atoms with Gasteiger partial charge in [0.05, 0.1) is 16.9 Å². The van der Waals surface area contributed by atoms with Crippen molar-refractivity contribution in [2.75, 3.05) is 24.2 Å². The Morgan fingerprint density at radius 3 is 2.71 bits per heavy atom. The summed E-state index contributed by atoms with van der Waals surface area (Å²) in [7, 11) is 0. The lowest BCUT2D eigenvalue weighted by Gasteiger charge is -2.10. The van der Waals surface area contributed by atoms with E-state index in [0.29, 0.717) is 43.5 Å². The first-order chi connectivity index (χ1) is 16.5. The number of amides is 2. The number of aliphatic hydroxyl groups excluding tert-OH is 1. The van der Waals surface area contributed by atoms with Crippen molar-refractivity contribution in [3.63, 3.8) is 0 Å². The zero-order valence-corrected chi connectivity index (χ0v) is 19.4. The van der Waals surface area contributed by atoms with Crippen LogP contribution < -0.4 is 21.1 Å². The highest BCUT2D eigenvalue weighted by Gasteiger charge is 2.17. The van der Waals surface area contributed by atoms with Crippen molar-refractivity contribution in [1.29, 1.82) is 0 Å². The number of carbonyl (C=O) groups is 2. The molecule has 0 aliphatic heterocycles. The maximum atomic E-state index is 12.5. The maximum Gasteiger partial charge on any atom is 0.255 e. The monoisotopic (exact) mass is 496 g/mol. The van der Waals surface area contributed by atoms with E-state index in [9.17, 15) is 9.59 Å². The number of aliphatic hydroxyl groups is 1. The number of nitrogen functional groups attached to an aromatic ring is 1. The van der Waals surface area contributed by atoms with Crippen LogP contribution in [0.4, 0.5) is 11.5 Å². The first-order valence-electron chi connectivity index (χ1n) is 10.3. The standard InChI is InChI=1S/C24H21ClN4O4S/c25-16-6-4-14(5-7-16)23(31)29-17-2-1-3-18(10-17)33-12-15-13-34-21-19(24(32)27-8-9-30)11-28-22(26)20(15)21/h1-7,10-11,13,30H,8-9,12H2,(H2,26,28)(H,27,32)(H,29,31). The molecule has 2 heterocycles. The first kappa shape index (κ1) is 23.5. The minimum Gasteiger partial charge on any atom is -0.489 e. The summed E-state index contributed by atoms with van der Waals surface area (Å²) in [5, 5.41) is 17.5. The predicted molar refractivity (Wildman–Crippen MR) is 134 cm³/mol. The van der Waals surface area contributed by atoms with Crippen molar-refractivity contribution in [1.82, 2.24) is 10.3 Å². The van der Waals surface area contributed by atoms with Gasteiger partial charge >= 0.3 is 0 Å². The van der Waals surface area contributed by atoms with Gasteiger partial charge in [-0.2, -0.15) is 0 Å². The zero-order chi connectivity index (χ0) is 24.1. The van der Waals surface area contributed by atoms with Crippen LogP contribution in [0, 0.1) is 0 Å². The van der Waals surface area contributed by atoms with E-state index in [1.807, 2.05) is 5.38 Å². The molecule has 0 aliphatic rings. The van der Waals surface area contributed by atoms with Crippen LogP contribution >= 0.6 is 22.9 Å². The Morgan fingerprint density at radius 2 is 1.94 bits per heavy atom. The largest absolute Gasteiger partial charge is 0.489 e. The number of aromatic nitrogens is 1. The summed E-state index contributed by atoms with van der Waals surface area (Å²) in [5.41, 5.74) is 8.34. The van der Waals surface area contributed by atoms with Crippen LogP contribution in [0.2, 0.25) is 5.02 Å². The van der Waals surface area contributed by atoms with Gasteiger partial charge in [-0.3, -0.25) is 9.59 Å².